The number of halogens is 2. The van der Waals surface area contributed by atoms with Crippen molar-refractivity contribution in [2.75, 3.05) is 0 Å². The maximum atomic E-state index is 13.8. The second-order valence-electron chi connectivity index (χ2n) is 6.85. The minimum Gasteiger partial charge on any atom is -0.417 e. The van der Waals surface area contributed by atoms with Crippen molar-refractivity contribution < 1.29 is 18.0 Å². The number of carbonyl (C=O) groups is 1. The first-order chi connectivity index (χ1) is 13.8. The molecule has 0 saturated carbocycles. The Kier molecular flexibility index (Phi) is 4.91. The molecule has 0 aliphatic rings. The number of aromatic nitrogens is 3. The van der Waals surface area contributed by atoms with Crippen molar-refractivity contribution in [2.45, 2.75) is 32.9 Å². The fourth-order valence-corrected chi connectivity index (χ4v) is 3.78. The van der Waals surface area contributed by atoms with Gasteiger partial charge in [0.05, 0.1) is 18.0 Å². The molecular formula is C20H18F2N4O2S. The van der Waals surface area contributed by atoms with E-state index < -0.39 is 12.5 Å². The van der Waals surface area contributed by atoms with Gasteiger partial charge in [0.15, 0.2) is 0 Å². The number of benzene rings is 1. The van der Waals surface area contributed by atoms with Gasteiger partial charge in [-0.1, -0.05) is 18.2 Å². The smallest absolute Gasteiger partial charge is 0.264 e. The Hall–Kier alpha value is -3.07. The Morgan fingerprint density at radius 3 is 2.83 bits per heavy atom. The second-order valence-corrected chi connectivity index (χ2v) is 7.80. The molecule has 0 aliphatic heterocycles. The number of nitrogens with zero attached hydrogens (tertiary/aromatic N) is 3. The van der Waals surface area contributed by atoms with Gasteiger partial charge in [0.2, 0.25) is 5.89 Å². The molecule has 9 heteroatoms. The molecule has 0 atom stereocenters. The fourth-order valence-electron chi connectivity index (χ4n) is 3.14. The molecule has 0 saturated heterocycles. The van der Waals surface area contributed by atoms with Crippen LogP contribution in [0.3, 0.4) is 0 Å². The van der Waals surface area contributed by atoms with Crippen molar-refractivity contribution in [3.63, 3.8) is 0 Å². The van der Waals surface area contributed by atoms with Crippen LogP contribution in [0.5, 0.6) is 0 Å². The summed E-state index contributed by atoms with van der Waals surface area (Å²) in [6, 6.07) is 10.8. The zero-order valence-corrected chi connectivity index (χ0v) is 16.6. The molecular weight excluding hydrogens is 398 g/mol. The summed E-state index contributed by atoms with van der Waals surface area (Å²) in [6.07, 6.45) is 0. The SMILES string of the molecule is Cc1cccc2c1cc(-c1nnc(CNC(=O)c3cccs3)o1)n2CC(C)(F)F. The van der Waals surface area contributed by atoms with Gasteiger partial charge in [-0.2, -0.15) is 0 Å². The highest BCUT2D eigenvalue weighted by molar-refractivity contribution is 7.12. The second kappa shape index (κ2) is 7.40. The summed E-state index contributed by atoms with van der Waals surface area (Å²) < 4.78 is 34.8. The average molecular weight is 416 g/mol. The molecule has 0 spiro atoms. The Bertz CT molecular complexity index is 1160. The van der Waals surface area contributed by atoms with Crippen molar-refractivity contribution in [2.24, 2.45) is 0 Å². The van der Waals surface area contributed by atoms with E-state index >= 15 is 0 Å². The van der Waals surface area contributed by atoms with E-state index in [1.54, 1.807) is 24.3 Å². The first-order valence-corrected chi connectivity index (χ1v) is 9.81. The number of nitrogens with one attached hydrogen (secondary N) is 1. The number of carbonyl (C=O) groups excluding carboxylic acids is 1. The van der Waals surface area contributed by atoms with Gasteiger partial charge in [-0.25, -0.2) is 8.78 Å². The van der Waals surface area contributed by atoms with Gasteiger partial charge in [-0.05, 0) is 36.1 Å². The van der Waals surface area contributed by atoms with Gasteiger partial charge in [-0.15, -0.1) is 21.5 Å². The summed E-state index contributed by atoms with van der Waals surface area (Å²) in [5, 5.41) is 13.3. The van der Waals surface area contributed by atoms with Crippen LogP contribution in [0, 0.1) is 6.92 Å². The van der Waals surface area contributed by atoms with Crippen LogP contribution in [0.25, 0.3) is 22.5 Å². The monoisotopic (exact) mass is 416 g/mol. The van der Waals surface area contributed by atoms with Crippen LogP contribution in [0.4, 0.5) is 8.78 Å². The Morgan fingerprint density at radius 2 is 2.10 bits per heavy atom. The molecule has 1 aromatic carbocycles. The van der Waals surface area contributed by atoms with Crippen molar-refractivity contribution in [1.29, 1.82) is 0 Å². The first kappa shape index (κ1) is 19.3. The summed E-state index contributed by atoms with van der Waals surface area (Å²) in [5.41, 5.74) is 2.05. The number of rotatable bonds is 6. The predicted molar refractivity (Wildman–Crippen MR) is 106 cm³/mol. The molecule has 1 amide bonds. The molecule has 0 unspecified atom stereocenters. The molecule has 3 heterocycles. The molecule has 6 nitrogen and oxygen atoms in total. The third-order valence-corrected chi connectivity index (χ3v) is 5.30. The molecule has 150 valence electrons. The van der Waals surface area contributed by atoms with Crippen LogP contribution in [0.2, 0.25) is 0 Å². The van der Waals surface area contributed by atoms with Crippen molar-refractivity contribution >= 4 is 28.1 Å². The van der Waals surface area contributed by atoms with E-state index in [4.69, 9.17) is 4.42 Å². The molecule has 3 aromatic heterocycles. The normalized spacial score (nSPS) is 11.9. The maximum absolute atomic E-state index is 13.8. The number of amides is 1. The van der Waals surface area contributed by atoms with Crippen molar-refractivity contribution in [3.05, 3.63) is 58.1 Å². The molecule has 0 fully saturated rings. The lowest BCUT2D eigenvalue weighted by atomic mass is 10.1. The number of hydrogen-bond acceptors (Lipinski definition) is 5. The number of aryl methyl sites for hydroxylation is 1. The summed E-state index contributed by atoms with van der Waals surface area (Å²) in [5.74, 6) is -2.83. The van der Waals surface area contributed by atoms with Gasteiger partial charge in [0.25, 0.3) is 17.7 Å². The van der Waals surface area contributed by atoms with E-state index in [2.05, 4.69) is 15.5 Å². The lowest BCUT2D eigenvalue weighted by Crippen LogP contribution is -2.21. The number of alkyl halides is 2. The molecule has 0 aliphatic carbocycles. The van der Waals surface area contributed by atoms with Crippen LogP contribution in [-0.4, -0.2) is 26.6 Å². The van der Waals surface area contributed by atoms with Gasteiger partial charge >= 0.3 is 0 Å². The number of thiophene rings is 1. The van der Waals surface area contributed by atoms with Crippen LogP contribution in [0.15, 0.2) is 46.2 Å². The zero-order valence-electron chi connectivity index (χ0n) is 15.8. The minimum atomic E-state index is -2.91. The summed E-state index contributed by atoms with van der Waals surface area (Å²) >= 11 is 1.33. The Balaban J connectivity index is 1.64. The molecule has 0 bridgehead atoms. The van der Waals surface area contributed by atoms with E-state index in [1.807, 2.05) is 24.4 Å². The molecule has 0 radical (unpaired) electrons. The van der Waals surface area contributed by atoms with Crippen LogP contribution < -0.4 is 5.32 Å². The number of fused-ring (bicyclic) bond motifs is 1. The molecule has 4 rings (SSSR count). The zero-order chi connectivity index (χ0) is 20.6. The van der Waals surface area contributed by atoms with Crippen molar-refractivity contribution in [1.82, 2.24) is 20.1 Å². The van der Waals surface area contributed by atoms with E-state index in [9.17, 15) is 13.6 Å². The minimum absolute atomic E-state index is 0.0485. The summed E-state index contributed by atoms with van der Waals surface area (Å²) in [7, 11) is 0. The third kappa shape index (κ3) is 4.04. The topological polar surface area (TPSA) is 73.0 Å². The van der Waals surface area contributed by atoms with Crippen molar-refractivity contribution in [3.8, 4) is 11.6 Å². The predicted octanol–water partition coefficient (Wildman–Crippen LogP) is 4.65. The number of hydrogen-bond donors (Lipinski definition) is 1. The molecule has 1 N–H and O–H groups in total. The lowest BCUT2D eigenvalue weighted by molar-refractivity contribution is 0.00540. The quantitative estimate of drug-likeness (QED) is 0.497. The van der Waals surface area contributed by atoms with Gasteiger partial charge in [0.1, 0.15) is 5.69 Å². The highest BCUT2D eigenvalue weighted by atomic mass is 32.1. The van der Waals surface area contributed by atoms with Crippen LogP contribution in [0.1, 0.15) is 28.0 Å². The van der Waals surface area contributed by atoms with E-state index in [-0.39, 0.29) is 24.2 Å². The molecule has 29 heavy (non-hydrogen) atoms. The van der Waals surface area contributed by atoms with E-state index in [0.717, 1.165) is 17.9 Å². The van der Waals surface area contributed by atoms with Gasteiger partial charge < -0.3 is 14.3 Å². The van der Waals surface area contributed by atoms with Crippen LogP contribution in [-0.2, 0) is 13.1 Å². The largest absolute Gasteiger partial charge is 0.417 e. The highest BCUT2D eigenvalue weighted by Crippen LogP contribution is 2.32. The summed E-state index contributed by atoms with van der Waals surface area (Å²) in [6.45, 7) is 2.33. The first-order valence-electron chi connectivity index (χ1n) is 8.93. The standard InChI is InChI=1S/C20H18F2N4O2S/c1-12-5-3-6-14-13(12)9-15(26(14)11-20(2,21)22)19-25-24-17(28-19)10-23-18(27)16-7-4-8-29-16/h3-9H,10-11H2,1-2H3,(H,23,27). The highest BCUT2D eigenvalue weighted by Gasteiger charge is 2.26. The lowest BCUT2D eigenvalue weighted by Gasteiger charge is -2.14. The third-order valence-electron chi connectivity index (χ3n) is 4.43. The van der Waals surface area contributed by atoms with Gasteiger partial charge in [0, 0.05) is 17.8 Å². The van der Waals surface area contributed by atoms with E-state index in [0.29, 0.717) is 16.1 Å². The Morgan fingerprint density at radius 1 is 1.28 bits per heavy atom. The van der Waals surface area contributed by atoms with E-state index in [1.165, 1.54) is 15.9 Å². The summed E-state index contributed by atoms with van der Waals surface area (Å²) in [4.78, 5) is 12.6. The maximum Gasteiger partial charge on any atom is 0.264 e. The molecule has 4 aromatic rings. The average Bonchev–Trinajstić information content (AvgIpc) is 3.39. The Labute approximate surface area is 169 Å². The van der Waals surface area contributed by atoms with Gasteiger partial charge in [-0.3, -0.25) is 4.79 Å². The van der Waals surface area contributed by atoms with Crippen LogP contribution >= 0.6 is 11.3 Å². The fraction of sp³-hybridized carbons (Fsp3) is 0.250.